The molecule has 3 aliphatic rings. The molecule has 3 saturated heterocycles. The minimum absolute atomic E-state index is 0.00159. The van der Waals surface area contributed by atoms with Gasteiger partial charge in [-0.3, -0.25) is 14.4 Å². The first-order chi connectivity index (χ1) is 19.2. The van der Waals surface area contributed by atoms with Crippen LogP contribution in [-0.4, -0.2) is 85.8 Å². The fourth-order valence-corrected chi connectivity index (χ4v) is 9.56. The Balaban J connectivity index is 1.72. The predicted molar refractivity (Wildman–Crippen MR) is 160 cm³/mol. The average molecular weight is 568 g/mol. The number of fused-ring (bicyclic) bond motifs is 1. The van der Waals surface area contributed by atoms with Crippen LogP contribution >= 0.6 is 11.8 Å². The number of likely N-dealkylation sites (tertiary alicyclic amines) is 1. The van der Waals surface area contributed by atoms with E-state index in [9.17, 15) is 19.5 Å². The number of thioether (sulfide) groups is 1. The van der Waals surface area contributed by atoms with Crippen LogP contribution in [0.15, 0.2) is 55.6 Å². The third kappa shape index (κ3) is 5.37. The Morgan fingerprint density at radius 2 is 1.82 bits per heavy atom. The largest absolute Gasteiger partial charge is 0.396 e. The number of hydrogen-bond acceptors (Lipinski definition) is 5. The fraction of sp³-hybridized carbons (Fsp3) is 0.594. The van der Waals surface area contributed by atoms with Gasteiger partial charge >= 0.3 is 0 Å². The van der Waals surface area contributed by atoms with Crippen molar-refractivity contribution in [2.45, 2.75) is 75.1 Å². The van der Waals surface area contributed by atoms with E-state index in [0.717, 1.165) is 18.4 Å². The molecule has 6 atom stereocenters. The van der Waals surface area contributed by atoms with Crippen molar-refractivity contribution in [3.05, 3.63) is 61.2 Å². The lowest BCUT2D eigenvalue weighted by Gasteiger charge is -2.41. The van der Waals surface area contributed by atoms with E-state index in [-0.39, 0.29) is 41.5 Å². The summed E-state index contributed by atoms with van der Waals surface area (Å²) >= 11 is 1.72. The van der Waals surface area contributed by atoms with Gasteiger partial charge in [0.1, 0.15) is 6.04 Å². The van der Waals surface area contributed by atoms with E-state index < -0.39 is 22.6 Å². The monoisotopic (exact) mass is 567 g/mol. The van der Waals surface area contributed by atoms with E-state index in [1.807, 2.05) is 54.0 Å². The molecule has 3 aliphatic heterocycles. The first-order valence-corrected chi connectivity index (χ1v) is 15.5. The molecule has 218 valence electrons. The maximum Gasteiger partial charge on any atom is 0.247 e. The van der Waals surface area contributed by atoms with E-state index in [0.29, 0.717) is 39.0 Å². The van der Waals surface area contributed by atoms with Gasteiger partial charge in [-0.05, 0) is 51.0 Å². The van der Waals surface area contributed by atoms with E-state index in [1.54, 1.807) is 28.8 Å². The van der Waals surface area contributed by atoms with Crippen LogP contribution in [0.25, 0.3) is 0 Å². The highest BCUT2D eigenvalue weighted by Crippen LogP contribution is 2.69. The number of rotatable bonds is 14. The van der Waals surface area contributed by atoms with Gasteiger partial charge in [-0.15, -0.1) is 24.9 Å². The Kier molecular flexibility index (Phi) is 9.83. The Morgan fingerprint density at radius 3 is 2.45 bits per heavy atom. The molecule has 3 fully saturated rings. The molecule has 3 amide bonds. The average Bonchev–Trinajstić information content (AvgIpc) is 3.52. The summed E-state index contributed by atoms with van der Waals surface area (Å²) in [6, 6.07) is 9.23. The molecule has 3 heterocycles. The highest BCUT2D eigenvalue weighted by molar-refractivity contribution is 8.02. The van der Waals surface area contributed by atoms with Gasteiger partial charge in [0.2, 0.25) is 17.7 Å². The number of nitrogens with zero attached hydrogens (tertiary/aromatic N) is 3. The molecule has 2 bridgehead atoms. The lowest BCUT2D eigenvalue weighted by molar-refractivity contribution is -0.145. The summed E-state index contributed by atoms with van der Waals surface area (Å²) in [6.07, 6.45) is 6.43. The van der Waals surface area contributed by atoms with Crippen molar-refractivity contribution in [2.24, 2.45) is 17.8 Å². The second-order valence-corrected chi connectivity index (χ2v) is 13.3. The van der Waals surface area contributed by atoms with Crippen molar-refractivity contribution < 1.29 is 19.5 Å². The molecule has 8 heteroatoms. The Bertz CT molecular complexity index is 1090. The molecule has 40 heavy (non-hydrogen) atoms. The first-order valence-electron chi connectivity index (χ1n) is 14.7. The Morgan fingerprint density at radius 1 is 1.12 bits per heavy atom. The third-order valence-electron chi connectivity index (χ3n) is 8.93. The minimum Gasteiger partial charge on any atom is -0.396 e. The van der Waals surface area contributed by atoms with Crippen LogP contribution in [-0.2, 0) is 20.9 Å². The van der Waals surface area contributed by atoms with Gasteiger partial charge in [0.05, 0.1) is 16.6 Å². The van der Waals surface area contributed by atoms with Crippen LogP contribution in [0.3, 0.4) is 0 Å². The zero-order chi connectivity index (χ0) is 29.0. The lowest BCUT2D eigenvalue weighted by atomic mass is 9.65. The molecule has 1 aromatic rings. The number of amides is 3. The van der Waals surface area contributed by atoms with Crippen molar-refractivity contribution in [3.63, 3.8) is 0 Å². The van der Waals surface area contributed by atoms with E-state index in [2.05, 4.69) is 20.1 Å². The second-order valence-electron chi connectivity index (χ2n) is 11.7. The fourth-order valence-electron chi connectivity index (χ4n) is 7.15. The number of carbonyl (C=O) groups excluding carboxylic acids is 3. The van der Waals surface area contributed by atoms with Crippen molar-refractivity contribution in [1.29, 1.82) is 0 Å². The third-order valence-corrected chi connectivity index (χ3v) is 11.0. The van der Waals surface area contributed by atoms with E-state index in [4.69, 9.17) is 0 Å². The van der Waals surface area contributed by atoms with Crippen LogP contribution in [0.1, 0.15) is 52.0 Å². The van der Waals surface area contributed by atoms with Crippen LogP contribution < -0.4 is 0 Å². The SMILES string of the molecule is C=CCN(Cc1ccccc1)C(=O)[C@@H]1[C@@H]2CC(C)C3(S2)C(C(=O)N(CC=C)C(C)C)N(CCCCCO)C(=O)[C@H]13. The number of aliphatic hydroxyl groups excluding tert-OH is 1. The molecule has 0 aliphatic carbocycles. The predicted octanol–water partition coefficient (Wildman–Crippen LogP) is 4.12. The zero-order valence-electron chi connectivity index (χ0n) is 24.2. The van der Waals surface area contributed by atoms with Crippen molar-refractivity contribution >= 4 is 29.5 Å². The summed E-state index contributed by atoms with van der Waals surface area (Å²) in [5, 5.41) is 9.29. The zero-order valence-corrected chi connectivity index (χ0v) is 25.0. The lowest BCUT2D eigenvalue weighted by Crippen LogP contribution is -2.58. The normalized spacial score (nSPS) is 28.6. The summed E-state index contributed by atoms with van der Waals surface area (Å²) < 4.78 is -0.642. The van der Waals surface area contributed by atoms with E-state index in [1.165, 1.54) is 0 Å². The van der Waals surface area contributed by atoms with Crippen LogP contribution in [0.2, 0.25) is 0 Å². The van der Waals surface area contributed by atoms with Gasteiger partial charge < -0.3 is 19.8 Å². The molecule has 1 spiro atoms. The topological polar surface area (TPSA) is 81.2 Å². The van der Waals surface area contributed by atoms with Gasteiger partial charge in [-0.25, -0.2) is 0 Å². The number of unbranched alkanes of at least 4 members (excludes halogenated alkanes) is 2. The molecule has 0 radical (unpaired) electrons. The van der Waals surface area contributed by atoms with Crippen LogP contribution in [0.4, 0.5) is 0 Å². The highest BCUT2D eigenvalue weighted by Gasteiger charge is 2.76. The van der Waals surface area contributed by atoms with Crippen molar-refractivity contribution in [2.75, 3.05) is 26.2 Å². The first kappa shape index (κ1) is 30.4. The maximum absolute atomic E-state index is 14.4. The van der Waals surface area contributed by atoms with Crippen LogP contribution in [0.5, 0.6) is 0 Å². The molecule has 1 aromatic carbocycles. The molecular weight excluding hydrogens is 522 g/mol. The van der Waals surface area contributed by atoms with E-state index >= 15 is 0 Å². The number of carbonyl (C=O) groups is 3. The number of benzene rings is 1. The highest BCUT2D eigenvalue weighted by atomic mass is 32.2. The summed E-state index contributed by atoms with van der Waals surface area (Å²) in [5.74, 6) is -1.02. The smallest absolute Gasteiger partial charge is 0.247 e. The van der Waals surface area contributed by atoms with Gasteiger partial charge in [0, 0.05) is 44.1 Å². The quantitative estimate of drug-likeness (QED) is 0.270. The number of hydrogen-bond donors (Lipinski definition) is 1. The van der Waals surface area contributed by atoms with Gasteiger partial charge in [-0.1, -0.05) is 49.4 Å². The minimum atomic E-state index is -0.642. The summed E-state index contributed by atoms with van der Waals surface area (Å²) in [7, 11) is 0. The van der Waals surface area contributed by atoms with Crippen molar-refractivity contribution in [3.8, 4) is 0 Å². The Labute approximate surface area is 243 Å². The maximum atomic E-state index is 14.4. The standard InChI is InChI=1S/C32H45N3O4S/c1-6-16-33(21-24-14-10-8-11-15-24)29(37)26-25-20-23(5)32(40-25)27(26)30(38)35(18-12-9-13-19-36)28(32)31(39)34(17-7-2)22(3)4/h6-8,10-11,14-15,22-23,25-28,36H,1-2,9,12-13,16-21H2,3-5H3/t23?,25-,26+,27-,28?,32?/m0/s1. The van der Waals surface area contributed by atoms with Gasteiger partial charge in [-0.2, -0.15) is 0 Å². The summed E-state index contributed by atoms with van der Waals surface area (Å²) in [6.45, 7) is 15.7. The Hall–Kier alpha value is -2.58. The molecule has 4 rings (SSSR count). The molecule has 0 saturated carbocycles. The second kappa shape index (κ2) is 12.9. The molecule has 1 N–H and O–H groups in total. The summed E-state index contributed by atoms with van der Waals surface area (Å²) in [4.78, 5) is 48.5. The summed E-state index contributed by atoms with van der Waals surface area (Å²) in [5.41, 5.74) is 1.03. The van der Waals surface area contributed by atoms with Crippen molar-refractivity contribution in [1.82, 2.24) is 14.7 Å². The molecule has 7 nitrogen and oxygen atoms in total. The van der Waals surface area contributed by atoms with Gasteiger partial charge in [0.15, 0.2) is 0 Å². The molecule has 3 unspecified atom stereocenters. The van der Waals surface area contributed by atoms with Gasteiger partial charge in [0.25, 0.3) is 0 Å². The molecular formula is C32H45N3O4S. The molecule has 0 aromatic heterocycles. The number of aliphatic hydroxyl groups is 1. The van der Waals surface area contributed by atoms with Crippen LogP contribution in [0, 0.1) is 17.8 Å².